The molecule has 0 saturated heterocycles. The number of rotatable bonds is 10. The molecule has 0 bridgehead atoms. The van der Waals surface area contributed by atoms with E-state index in [1.54, 1.807) is 0 Å². The molecular weight excluding hydrogens is 186 g/mol. The maximum Gasteiger partial charge on any atom is 0.0590 e. The summed E-state index contributed by atoms with van der Waals surface area (Å²) in [6.45, 7) is 5.93. The lowest BCUT2D eigenvalue weighted by Gasteiger charge is -2.04. The molecule has 0 rings (SSSR count). The van der Waals surface area contributed by atoms with Crippen LogP contribution in [0.5, 0.6) is 0 Å². The highest BCUT2D eigenvalue weighted by molar-refractivity contribution is 6.17. The molecule has 0 unspecified atom stereocenters. The molecule has 13 heavy (non-hydrogen) atoms. The molecule has 0 aromatic carbocycles. The molecule has 0 aromatic rings. The molecule has 3 heteroatoms. The Morgan fingerprint density at radius 1 is 1.08 bits per heavy atom. The van der Waals surface area contributed by atoms with E-state index in [1.165, 1.54) is 19.3 Å². The third-order valence-electron chi connectivity index (χ3n) is 1.80. The fourth-order valence-electron chi connectivity index (χ4n) is 0.962. The van der Waals surface area contributed by atoms with Gasteiger partial charge in [0.25, 0.3) is 0 Å². The highest BCUT2D eigenvalue weighted by Gasteiger charge is 1.89. The maximum absolute atomic E-state index is 5.55. The van der Waals surface area contributed by atoms with Gasteiger partial charge in [-0.25, -0.2) is 0 Å². The Morgan fingerprint density at radius 2 is 1.92 bits per heavy atom. The Kier molecular flexibility index (Phi) is 12.4. The molecule has 0 fully saturated rings. The Bertz CT molecular complexity index is 81.0. The number of hydrogen-bond acceptors (Lipinski definition) is 2. The summed E-state index contributed by atoms with van der Waals surface area (Å²) in [4.78, 5) is 0. The van der Waals surface area contributed by atoms with Gasteiger partial charge in [0.2, 0.25) is 0 Å². The average Bonchev–Trinajstić information content (AvgIpc) is 2.16. The molecule has 2 nitrogen and oxygen atoms in total. The Morgan fingerprint density at radius 3 is 2.62 bits per heavy atom. The molecule has 0 aromatic heterocycles. The minimum atomic E-state index is 0.773. The zero-order chi connectivity index (χ0) is 9.78. The van der Waals surface area contributed by atoms with Gasteiger partial charge in [-0.05, 0) is 25.8 Å². The van der Waals surface area contributed by atoms with Crippen LogP contribution >= 0.6 is 11.6 Å². The monoisotopic (exact) mass is 207 g/mol. The van der Waals surface area contributed by atoms with E-state index in [2.05, 4.69) is 12.2 Å². The molecule has 80 valence electrons. The van der Waals surface area contributed by atoms with Crippen molar-refractivity contribution in [3.05, 3.63) is 0 Å². The molecule has 0 aliphatic rings. The van der Waals surface area contributed by atoms with Gasteiger partial charge in [-0.3, -0.25) is 0 Å². The minimum absolute atomic E-state index is 0.773. The van der Waals surface area contributed by atoms with Crippen LogP contribution in [0.2, 0.25) is 0 Å². The summed E-state index contributed by atoms with van der Waals surface area (Å²) in [5, 5.41) is 3.31. The van der Waals surface area contributed by atoms with Crippen molar-refractivity contribution in [3.8, 4) is 0 Å². The van der Waals surface area contributed by atoms with E-state index in [9.17, 15) is 0 Å². The summed E-state index contributed by atoms with van der Waals surface area (Å²) in [6.07, 6.45) is 4.65. The first kappa shape index (κ1) is 13.2. The standard InChI is InChI=1S/C10H22ClNO/c1-2-3-9-13-10-8-12-7-5-4-6-11/h12H,2-10H2,1H3. The lowest BCUT2D eigenvalue weighted by atomic mass is 10.3. The van der Waals surface area contributed by atoms with Gasteiger partial charge in [-0.15, -0.1) is 11.6 Å². The Balaban J connectivity index is 2.76. The van der Waals surface area contributed by atoms with Crippen LogP contribution in [-0.4, -0.2) is 32.2 Å². The van der Waals surface area contributed by atoms with E-state index < -0.39 is 0 Å². The van der Waals surface area contributed by atoms with E-state index >= 15 is 0 Å². The number of halogens is 1. The zero-order valence-corrected chi connectivity index (χ0v) is 9.41. The molecule has 0 atom stereocenters. The highest BCUT2D eigenvalue weighted by Crippen LogP contribution is 1.89. The first-order valence-corrected chi connectivity index (χ1v) is 5.79. The second-order valence-electron chi connectivity index (χ2n) is 3.11. The van der Waals surface area contributed by atoms with E-state index in [1.807, 2.05) is 0 Å². The molecule has 0 heterocycles. The summed E-state index contributed by atoms with van der Waals surface area (Å²) in [6, 6.07) is 0. The molecule has 0 aliphatic heterocycles. The van der Waals surface area contributed by atoms with Gasteiger partial charge < -0.3 is 10.1 Å². The van der Waals surface area contributed by atoms with Crippen molar-refractivity contribution in [1.29, 1.82) is 0 Å². The molecule has 0 saturated carbocycles. The van der Waals surface area contributed by atoms with Gasteiger partial charge in [-0.2, -0.15) is 0 Å². The summed E-state index contributed by atoms with van der Waals surface area (Å²) >= 11 is 5.55. The summed E-state index contributed by atoms with van der Waals surface area (Å²) in [5.41, 5.74) is 0. The largest absolute Gasteiger partial charge is 0.380 e. The zero-order valence-electron chi connectivity index (χ0n) is 8.65. The Labute approximate surface area is 87.0 Å². The van der Waals surface area contributed by atoms with Crippen molar-refractivity contribution >= 4 is 11.6 Å². The van der Waals surface area contributed by atoms with Crippen LogP contribution in [0.3, 0.4) is 0 Å². The van der Waals surface area contributed by atoms with Crippen molar-refractivity contribution in [1.82, 2.24) is 5.32 Å². The summed E-state index contributed by atoms with van der Waals surface area (Å²) in [7, 11) is 0. The van der Waals surface area contributed by atoms with Crippen LogP contribution in [0.25, 0.3) is 0 Å². The van der Waals surface area contributed by atoms with Crippen LogP contribution in [0.15, 0.2) is 0 Å². The van der Waals surface area contributed by atoms with E-state index in [0.29, 0.717) is 0 Å². The van der Waals surface area contributed by atoms with Gasteiger partial charge in [-0.1, -0.05) is 13.3 Å². The molecule has 0 amide bonds. The lowest BCUT2D eigenvalue weighted by molar-refractivity contribution is 0.133. The lowest BCUT2D eigenvalue weighted by Crippen LogP contribution is -2.21. The van der Waals surface area contributed by atoms with Crippen LogP contribution in [0, 0.1) is 0 Å². The molecule has 0 radical (unpaired) electrons. The van der Waals surface area contributed by atoms with Gasteiger partial charge in [0.05, 0.1) is 6.61 Å². The van der Waals surface area contributed by atoms with Crippen LogP contribution < -0.4 is 5.32 Å². The third kappa shape index (κ3) is 12.2. The second kappa shape index (κ2) is 12.2. The van der Waals surface area contributed by atoms with Crippen LogP contribution in [-0.2, 0) is 4.74 Å². The third-order valence-corrected chi connectivity index (χ3v) is 2.07. The maximum atomic E-state index is 5.55. The summed E-state index contributed by atoms with van der Waals surface area (Å²) < 4.78 is 5.39. The van der Waals surface area contributed by atoms with Gasteiger partial charge >= 0.3 is 0 Å². The Hall–Kier alpha value is 0.210. The second-order valence-corrected chi connectivity index (χ2v) is 3.49. The molecule has 0 aliphatic carbocycles. The number of ether oxygens (including phenoxy) is 1. The van der Waals surface area contributed by atoms with Gasteiger partial charge in [0.1, 0.15) is 0 Å². The fraction of sp³-hybridized carbons (Fsp3) is 1.00. The highest BCUT2D eigenvalue weighted by atomic mass is 35.5. The van der Waals surface area contributed by atoms with Crippen molar-refractivity contribution in [3.63, 3.8) is 0 Å². The topological polar surface area (TPSA) is 21.3 Å². The summed E-state index contributed by atoms with van der Waals surface area (Å²) in [5.74, 6) is 0.773. The predicted molar refractivity (Wildman–Crippen MR) is 58.6 cm³/mol. The quantitative estimate of drug-likeness (QED) is 0.439. The predicted octanol–water partition coefficient (Wildman–Crippen LogP) is 2.41. The smallest absolute Gasteiger partial charge is 0.0590 e. The van der Waals surface area contributed by atoms with E-state index in [0.717, 1.165) is 38.6 Å². The number of hydrogen-bond donors (Lipinski definition) is 1. The fourth-order valence-corrected chi connectivity index (χ4v) is 1.15. The average molecular weight is 208 g/mol. The number of unbranched alkanes of at least 4 members (excludes halogenated alkanes) is 2. The van der Waals surface area contributed by atoms with Gasteiger partial charge in [0, 0.05) is 19.0 Å². The van der Waals surface area contributed by atoms with Crippen LogP contribution in [0.1, 0.15) is 32.6 Å². The van der Waals surface area contributed by atoms with Crippen molar-refractivity contribution in [2.75, 3.05) is 32.2 Å². The van der Waals surface area contributed by atoms with Crippen molar-refractivity contribution in [2.45, 2.75) is 32.6 Å². The van der Waals surface area contributed by atoms with E-state index in [4.69, 9.17) is 16.3 Å². The normalized spacial score (nSPS) is 10.6. The molecular formula is C10H22ClNO. The molecule has 1 N–H and O–H groups in total. The van der Waals surface area contributed by atoms with Crippen LogP contribution in [0.4, 0.5) is 0 Å². The van der Waals surface area contributed by atoms with Crippen molar-refractivity contribution in [2.24, 2.45) is 0 Å². The van der Waals surface area contributed by atoms with E-state index in [-0.39, 0.29) is 0 Å². The van der Waals surface area contributed by atoms with Crippen molar-refractivity contribution < 1.29 is 4.74 Å². The minimum Gasteiger partial charge on any atom is -0.380 e. The molecule has 0 spiro atoms. The first-order valence-electron chi connectivity index (χ1n) is 5.26. The first-order chi connectivity index (χ1) is 6.41. The number of nitrogens with one attached hydrogen (secondary N) is 1. The van der Waals surface area contributed by atoms with Gasteiger partial charge in [0.15, 0.2) is 0 Å². The SMILES string of the molecule is CCCCOCCNCCCCCl. The number of alkyl halides is 1.